The zero-order valence-corrected chi connectivity index (χ0v) is 20.5. The molecule has 1 amide bonds. The van der Waals surface area contributed by atoms with E-state index in [1.807, 2.05) is 10.7 Å². The van der Waals surface area contributed by atoms with Gasteiger partial charge in [0, 0.05) is 42.1 Å². The fraction of sp³-hybridized carbons (Fsp3) is 0.542. The van der Waals surface area contributed by atoms with Crippen molar-refractivity contribution in [1.29, 1.82) is 0 Å². The summed E-state index contributed by atoms with van der Waals surface area (Å²) in [4.78, 5) is 24.6. The Kier molecular flexibility index (Phi) is 9.07. The average Bonchev–Trinajstić information content (AvgIpc) is 3.26. The highest BCUT2D eigenvalue weighted by atomic mass is 35.5. The van der Waals surface area contributed by atoms with Crippen molar-refractivity contribution >= 4 is 29.7 Å². The maximum absolute atomic E-state index is 13.8. The van der Waals surface area contributed by atoms with E-state index in [2.05, 4.69) is 33.9 Å². The Bertz CT molecular complexity index is 1010. The van der Waals surface area contributed by atoms with Crippen LogP contribution in [0.2, 0.25) is 5.02 Å². The van der Waals surface area contributed by atoms with Gasteiger partial charge in [-0.25, -0.2) is 0 Å². The molecule has 0 bridgehead atoms. The van der Waals surface area contributed by atoms with Crippen LogP contribution in [0.4, 0.5) is 14.5 Å². The van der Waals surface area contributed by atoms with E-state index in [1.54, 1.807) is 6.20 Å². The maximum Gasteiger partial charge on any atom is 0.387 e. The number of alkyl halides is 2. The normalized spacial score (nSPS) is 17.9. The molecular weight excluding hydrogens is 482 g/mol. The van der Waals surface area contributed by atoms with E-state index in [9.17, 15) is 13.6 Å². The molecule has 1 saturated heterocycles. The van der Waals surface area contributed by atoms with E-state index in [1.165, 1.54) is 37.5 Å². The van der Waals surface area contributed by atoms with Crippen molar-refractivity contribution < 1.29 is 28.2 Å². The number of amides is 1. The van der Waals surface area contributed by atoms with Crippen LogP contribution in [0.5, 0.6) is 5.75 Å². The lowest BCUT2D eigenvalue weighted by molar-refractivity contribution is -0.128. The minimum atomic E-state index is -3.03. The third-order valence-corrected chi connectivity index (χ3v) is 6.95. The highest BCUT2D eigenvalue weighted by Crippen LogP contribution is 2.38. The number of nitrogens with zero attached hydrogens (tertiary/aromatic N) is 3. The summed E-state index contributed by atoms with van der Waals surface area (Å²) in [7, 11) is 0. The van der Waals surface area contributed by atoms with Crippen molar-refractivity contribution in [2.45, 2.75) is 70.1 Å². The smallest absolute Gasteiger partial charge is 0.387 e. The molecule has 1 aromatic carbocycles. The Balaban J connectivity index is 0.00000108. The van der Waals surface area contributed by atoms with E-state index in [4.69, 9.17) is 21.5 Å². The molecule has 2 aliphatic rings. The summed E-state index contributed by atoms with van der Waals surface area (Å²) >= 11 is 5.96. The van der Waals surface area contributed by atoms with Crippen LogP contribution in [0, 0.1) is 0 Å². The molecule has 1 aliphatic carbocycles. The number of hydrogen-bond donors (Lipinski definition) is 2. The number of anilines is 1. The van der Waals surface area contributed by atoms with Crippen molar-refractivity contribution in [3.05, 3.63) is 41.2 Å². The number of likely N-dealkylation sites (tertiary alicyclic amines) is 1. The van der Waals surface area contributed by atoms with E-state index in [-0.39, 0.29) is 34.8 Å². The second-order valence-corrected chi connectivity index (χ2v) is 9.49. The lowest BCUT2D eigenvalue weighted by Crippen LogP contribution is -2.56. The number of nitrogens with one attached hydrogen (secondary N) is 1. The second-order valence-electron chi connectivity index (χ2n) is 9.05. The topological polar surface area (TPSA) is 96.7 Å². The summed E-state index contributed by atoms with van der Waals surface area (Å²) in [5.74, 6) is -0.259. The Labute approximate surface area is 208 Å². The first-order chi connectivity index (χ1) is 16.7. The predicted octanol–water partition coefficient (Wildman–Crippen LogP) is 4.94. The van der Waals surface area contributed by atoms with E-state index < -0.39 is 12.2 Å². The number of carbonyl (C=O) groups excluding carboxylic acids is 1. The molecule has 2 fully saturated rings. The Morgan fingerprint density at radius 3 is 2.49 bits per heavy atom. The number of piperidine rings is 1. The minimum Gasteiger partial charge on any atom is -0.483 e. The standard InChI is InChI=1S/C23H29ClF2N4O2.CH2O2/c1-15(2)19-8-11-27-30(19)23(9-12-29(13-10-23)17-4-3-5-17)21(31)28-18-7-6-16(24)14-20(18)32-22(25)26;2-1-3/h6-8,11,14-15,17,22H,3-5,9-10,12-13H2,1-2H3,(H,28,31);1H,(H,2,3). The lowest BCUT2D eigenvalue weighted by Gasteiger charge is -2.46. The van der Waals surface area contributed by atoms with Gasteiger partial charge in [-0.05, 0) is 49.8 Å². The molecule has 1 aliphatic heterocycles. The van der Waals surface area contributed by atoms with Gasteiger partial charge in [0.15, 0.2) is 5.75 Å². The largest absolute Gasteiger partial charge is 0.483 e. The lowest BCUT2D eigenvalue weighted by atomic mass is 9.82. The molecule has 192 valence electrons. The van der Waals surface area contributed by atoms with Crippen LogP contribution in [-0.4, -0.2) is 57.9 Å². The number of carbonyl (C=O) groups is 2. The van der Waals surface area contributed by atoms with Crippen molar-refractivity contribution in [2.24, 2.45) is 0 Å². The quantitative estimate of drug-likeness (QED) is 0.510. The second kappa shape index (κ2) is 11.8. The van der Waals surface area contributed by atoms with Gasteiger partial charge in [-0.2, -0.15) is 13.9 Å². The van der Waals surface area contributed by atoms with Crippen molar-refractivity contribution in [3.8, 4) is 5.75 Å². The summed E-state index contributed by atoms with van der Waals surface area (Å²) in [5, 5.41) is 14.5. The molecular formula is C24H31ClF2N4O4. The zero-order chi connectivity index (χ0) is 25.6. The highest BCUT2D eigenvalue weighted by Gasteiger charge is 2.46. The van der Waals surface area contributed by atoms with Gasteiger partial charge in [0.05, 0.1) is 5.69 Å². The molecule has 0 atom stereocenters. The van der Waals surface area contributed by atoms with Gasteiger partial charge in [-0.3, -0.25) is 14.3 Å². The molecule has 2 N–H and O–H groups in total. The number of carboxylic acid groups (broad SMARTS) is 1. The van der Waals surface area contributed by atoms with E-state index >= 15 is 0 Å². The summed E-state index contributed by atoms with van der Waals surface area (Å²) < 4.78 is 32.3. The molecule has 2 heterocycles. The van der Waals surface area contributed by atoms with Crippen molar-refractivity contribution in [1.82, 2.24) is 14.7 Å². The summed E-state index contributed by atoms with van der Waals surface area (Å²) in [6.07, 6.45) is 6.57. The van der Waals surface area contributed by atoms with Gasteiger partial charge >= 0.3 is 6.61 Å². The van der Waals surface area contributed by atoms with Crippen LogP contribution < -0.4 is 10.1 Å². The average molecular weight is 513 g/mol. The van der Waals surface area contributed by atoms with Crippen LogP contribution in [0.15, 0.2) is 30.5 Å². The molecule has 0 spiro atoms. The van der Waals surface area contributed by atoms with Gasteiger partial charge in [-0.15, -0.1) is 0 Å². The molecule has 35 heavy (non-hydrogen) atoms. The first-order valence-electron chi connectivity index (χ1n) is 11.6. The van der Waals surface area contributed by atoms with Gasteiger partial charge in [0.2, 0.25) is 0 Å². The third-order valence-electron chi connectivity index (χ3n) is 6.72. The molecule has 4 rings (SSSR count). The number of halogens is 3. The molecule has 0 radical (unpaired) electrons. The van der Waals surface area contributed by atoms with Crippen molar-refractivity contribution in [2.75, 3.05) is 18.4 Å². The van der Waals surface area contributed by atoms with Crippen LogP contribution >= 0.6 is 11.6 Å². The van der Waals surface area contributed by atoms with Gasteiger partial charge in [-0.1, -0.05) is 31.9 Å². The molecule has 8 nitrogen and oxygen atoms in total. The van der Waals surface area contributed by atoms with Crippen LogP contribution in [0.3, 0.4) is 0 Å². The molecule has 0 unspecified atom stereocenters. The van der Waals surface area contributed by atoms with Crippen LogP contribution in [0.25, 0.3) is 0 Å². The minimum absolute atomic E-state index is 0.160. The number of ether oxygens (including phenoxy) is 1. The predicted molar refractivity (Wildman–Crippen MR) is 128 cm³/mol. The number of benzene rings is 1. The van der Waals surface area contributed by atoms with Crippen LogP contribution in [-0.2, 0) is 15.1 Å². The fourth-order valence-electron chi connectivity index (χ4n) is 4.69. The Morgan fingerprint density at radius 2 is 1.94 bits per heavy atom. The maximum atomic E-state index is 13.8. The summed E-state index contributed by atoms with van der Waals surface area (Å²) in [6, 6.07) is 6.84. The van der Waals surface area contributed by atoms with Gasteiger partial charge < -0.3 is 20.1 Å². The molecule has 1 saturated carbocycles. The third kappa shape index (κ3) is 6.10. The van der Waals surface area contributed by atoms with Gasteiger partial charge in [0.1, 0.15) is 5.54 Å². The first kappa shape index (κ1) is 26.9. The molecule has 1 aromatic heterocycles. The summed E-state index contributed by atoms with van der Waals surface area (Å²) in [6.45, 7) is 2.43. The summed E-state index contributed by atoms with van der Waals surface area (Å²) in [5.41, 5.74) is 0.224. The Hall–Kier alpha value is -2.72. The number of hydrogen-bond acceptors (Lipinski definition) is 5. The fourth-order valence-corrected chi connectivity index (χ4v) is 4.85. The SMILES string of the molecule is CC(C)c1ccnn1C1(C(=O)Nc2ccc(Cl)cc2OC(F)F)CCN(C2CCC2)CC1.O=CO. The Morgan fingerprint density at radius 1 is 1.29 bits per heavy atom. The van der Waals surface area contributed by atoms with Crippen molar-refractivity contribution in [3.63, 3.8) is 0 Å². The molecule has 11 heteroatoms. The monoisotopic (exact) mass is 512 g/mol. The number of aromatic nitrogens is 2. The number of rotatable bonds is 7. The highest BCUT2D eigenvalue weighted by molar-refractivity contribution is 6.30. The zero-order valence-electron chi connectivity index (χ0n) is 19.8. The van der Waals surface area contributed by atoms with E-state index in [0.29, 0.717) is 18.9 Å². The van der Waals surface area contributed by atoms with E-state index in [0.717, 1.165) is 18.8 Å². The van der Waals surface area contributed by atoms with Crippen LogP contribution in [0.1, 0.15) is 57.6 Å². The first-order valence-corrected chi connectivity index (χ1v) is 12.0. The molecule has 2 aromatic rings. The van der Waals surface area contributed by atoms with Gasteiger partial charge in [0.25, 0.3) is 12.4 Å².